The molecule has 1 amide bonds. The highest BCUT2D eigenvalue weighted by Crippen LogP contribution is 2.42. The molecule has 5 aromatic rings. The first kappa shape index (κ1) is 22.6. The van der Waals surface area contributed by atoms with Gasteiger partial charge in [-0.25, -0.2) is 0 Å². The van der Waals surface area contributed by atoms with Gasteiger partial charge in [0.2, 0.25) is 5.76 Å². The minimum Gasteiger partial charge on any atom is -0.497 e. The van der Waals surface area contributed by atoms with Gasteiger partial charge in [0.05, 0.1) is 24.1 Å². The number of methoxy groups -OCH3 is 1. The molecule has 1 aliphatic heterocycles. The summed E-state index contributed by atoms with van der Waals surface area (Å²) in [5, 5.41) is 0.433. The van der Waals surface area contributed by atoms with Gasteiger partial charge in [-0.3, -0.25) is 14.5 Å². The normalized spacial score (nSPS) is 14.6. The predicted molar refractivity (Wildman–Crippen MR) is 141 cm³/mol. The van der Waals surface area contributed by atoms with E-state index in [1.807, 2.05) is 72.8 Å². The Morgan fingerprint density at radius 3 is 2.41 bits per heavy atom. The van der Waals surface area contributed by atoms with Crippen LogP contribution in [0, 0.1) is 0 Å². The maximum Gasteiger partial charge on any atom is 0.295 e. The third-order valence-corrected chi connectivity index (χ3v) is 6.53. The van der Waals surface area contributed by atoms with Crippen LogP contribution in [0.25, 0.3) is 11.0 Å². The van der Waals surface area contributed by atoms with Gasteiger partial charge in [0.15, 0.2) is 5.43 Å². The van der Waals surface area contributed by atoms with Crippen molar-refractivity contribution in [2.45, 2.75) is 12.6 Å². The number of carbonyl (C=O) groups excluding carboxylic acids is 1. The van der Waals surface area contributed by atoms with Gasteiger partial charge < -0.3 is 13.9 Å². The lowest BCUT2D eigenvalue weighted by atomic mass is 9.98. The van der Waals surface area contributed by atoms with E-state index in [0.29, 0.717) is 40.3 Å². The molecule has 0 saturated carbocycles. The van der Waals surface area contributed by atoms with Crippen LogP contribution in [0.2, 0.25) is 0 Å². The van der Waals surface area contributed by atoms with Gasteiger partial charge in [-0.15, -0.1) is 0 Å². The van der Waals surface area contributed by atoms with E-state index < -0.39 is 6.04 Å². The molecule has 0 spiro atoms. The summed E-state index contributed by atoms with van der Waals surface area (Å²) in [6.07, 6.45) is 0. The fourth-order valence-corrected chi connectivity index (χ4v) is 4.78. The SMILES string of the molecule is COc1cccc(N2C(=O)c3oc4ccccc4c(=O)c3C2c2cccc(OCc3ccccc3)c2)c1. The average molecular weight is 490 g/mol. The van der Waals surface area contributed by atoms with Gasteiger partial charge >= 0.3 is 0 Å². The van der Waals surface area contributed by atoms with Crippen LogP contribution >= 0.6 is 0 Å². The summed E-state index contributed by atoms with van der Waals surface area (Å²) >= 11 is 0. The van der Waals surface area contributed by atoms with Crippen molar-refractivity contribution in [2.24, 2.45) is 0 Å². The lowest BCUT2D eigenvalue weighted by Crippen LogP contribution is -2.29. The summed E-state index contributed by atoms with van der Waals surface area (Å²) < 4.78 is 17.5. The topological polar surface area (TPSA) is 69.0 Å². The fourth-order valence-electron chi connectivity index (χ4n) is 4.78. The number of hydrogen-bond acceptors (Lipinski definition) is 5. The van der Waals surface area contributed by atoms with Crippen LogP contribution in [0.5, 0.6) is 11.5 Å². The molecule has 1 aromatic heterocycles. The first-order chi connectivity index (χ1) is 18.1. The molecular formula is C31H23NO5. The van der Waals surface area contributed by atoms with Crippen molar-refractivity contribution < 1.29 is 18.7 Å². The van der Waals surface area contributed by atoms with E-state index >= 15 is 0 Å². The lowest BCUT2D eigenvalue weighted by molar-refractivity contribution is 0.0971. The van der Waals surface area contributed by atoms with Crippen LogP contribution in [-0.4, -0.2) is 13.0 Å². The number of rotatable bonds is 6. The second kappa shape index (κ2) is 9.32. The van der Waals surface area contributed by atoms with Crippen LogP contribution in [0.15, 0.2) is 112 Å². The fraction of sp³-hybridized carbons (Fsp3) is 0.0968. The molecule has 1 unspecified atom stereocenters. The Labute approximate surface area is 213 Å². The number of carbonyl (C=O) groups is 1. The third kappa shape index (κ3) is 4.02. The van der Waals surface area contributed by atoms with Gasteiger partial charge in [0.25, 0.3) is 5.91 Å². The summed E-state index contributed by atoms with van der Waals surface area (Å²) in [6.45, 7) is 0.400. The molecule has 1 aliphatic rings. The quantitative estimate of drug-likeness (QED) is 0.287. The van der Waals surface area contributed by atoms with E-state index in [2.05, 4.69) is 0 Å². The summed E-state index contributed by atoms with van der Waals surface area (Å²) in [7, 11) is 1.57. The number of anilines is 1. The van der Waals surface area contributed by atoms with Crippen LogP contribution in [0.4, 0.5) is 5.69 Å². The highest BCUT2D eigenvalue weighted by Gasteiger charge is 2.43. The average Bonchev–Trinajstić information content (AvgIpc) is 3.25. The Bertz CT molecular complexity index is 1670. The summed E-state index contributed by atoms with van der Waals surface area (Å²) in [5.74, 6) is 0.904. The van der Waals surface area contributed by atoms with Crippen molar-refractivity contribution in [2.75, 3.05) is 12.0 Å². The molecule has 6 heteroatoms. The van der Waals surface area contributed by atoms with E-state index in [0.717, 1.165) is 11.1 Å². The van der Waals surface area contributed by atoms with Crippen LogP contribution in [-0.2, 0) is 6.61 Å². The zero-order valence-electron chi connectivity index (χ0n) is 20.1. The van der Waals surface area contributed by atoms with Crippen molar-refractivity contribution >= 4 is 22.6 Å². The predicted octanol–water partition coefficient (Wildman–Crippen LogP) is 6.13. The van der Waals surface area contributed by atoms with Gasteiger partial charge in [0, 0.05) is 11.8 Å². The largest absolute Gasteiger partial charge is 0.497 e. The molecular weight excluding hydrogens is 466 g/mol. The molecule has 0 aliphatic carbocycles. The monoisotopic (exact) mass is 489 g/mol. The van der Waals surface area contributed by atoms with Gasteiger partial charge in [-0.2, -0.15) is 0 Å². The third-order valence-electron chi connectivity index (χ3n) is 6.53. The van der Waals surface area contributed by atoms with Crippen LogP contribution in [0.1, 0.15) is 33.3 Å². The molecule has 1 atom stereocenters. The molecule has 0 radical (unpaired) electrons. The standard InChI is InChI=1S/C31H23NO5/c1-35-23-13-8-12-22(18-23)32-28(21-11-7-14-24(17-21)36-19-20-9-3-2-4-10-20)27-29(33)25-15-5-6-16-26(25)37-30(27)31(32)34/h2-18,28H,19H2,1H3. The zero-order chi connectivity index (χ0) is 25.4. The molecule has 2 heterocycles. The van der Waals surface area contributed by atoms with Crippen molar-refractivity contribution in [1.29, 1.82) is 0 Å². The smallest absolute Gasteiger partial charge is 0.295 e. The van der Waals surface area contributed by atoms with Crippen LogP contribution in [0.3, 0.4) is 0 Å². The number of hydrogen-bond donors (Lipinski definition) is 0. The van der Waals surface area contributed by atoms with Crippen molar-refractivity contribution in [3.05, 3.63) is 136 Å². The number of para-hydroxylation sites is 1. The Morgan fingerprint density at radius 1 is 0.811 bits per heavy atom. The van der Waals surface area contributed by atoms with Crippen molar-refractivity contribution in [3.63, 3.8) is 0 Å². The van der Waals surface area contributed by atoms with Gasteiger partial charge in [-0.1, -0.05) is 60.7 Å². The summed E-state index contributed by atoms with van der Waals surface area (Å²) in [5.41, 5.74) is 2.84. The molecule has 0 bridgehead atoms. The number of nitrogens with zero attached hydrogens (tertiary/aromatic N) is 1. The second-order valence-electron chi connectivity index (χ2n) is 8.80. The molecule has 6 rings (SSSR count). The second-order valence-corrected chi connectivity index (χ2v) is 8.80. The zero-order valence-corrected chi connectivity index (χ0v) is 20.1. The van der Waals surface area contributed by atoms with Gasteiger partial charge in [0.1, 0.15) is 23.7 Å². The first-order valence-electron chi connectivity index (χ1n) is 11.9. The number of ether oxygens (including phenoxy) is 2. The van der Waals surface area contributed by atoms with Crippen LogP contribution < -0.4 is 19.8 Å². The Morgan fingerprint density at radius 2 is 1.57 bits per heavy atom. The molecule has 0 saturated heterocycles. The molecule has 182 valence electrons. The van der Waals surface area contributed by atoms with E-state index in [4.69, 9.17) is 13.9 Å². The van der Waals surface area contributed by atoms with E-state index in [1.54, 1.807) is 42.3 Å². The maximum absolute atomic E-state index is 13.8. The first-order valence-corrected chi connectivity index (χ1v) is 11.9. The Balaban J connectivity index is 1.49. The maximum atomic E-state index is 13.8. The number of fused-ring (bicyclic) bond motifs is 2. The lowest BCUT2D eigenvalue weighted by Gasteiger charge is -2.26. The van der Waals surface area contributed by atoms with E-state index in [-0.39, 0.29) is 17.1 Å². The van der Waals surface area contributed by atoms with Crippen molar-refractivity contribution in [3.8, 4) is 11.5 Å². The molecule has 6 nitrogen and oxygen atoms in total. The van der Waals surface area contributed by atoms with E-state index in [9.17, 15) is 9.59 Å². The minimum atomic E-state index is -0.698. The molecule has 37 heavy (non-hydrogen) atoms. The molecule has 0 fully saturated rings. The number of benzene rings is 4. The van der Waals surface area contributed by atoms with Crippen molar-refractivity contribution in [1.82, 2.24) is 0 Å². The Kier molecular flexibility index (Phi) is 5.69. The summed E-state index contributed by atoms with van der Waals surface area (Å²) in [6, 6.07) is 30.9. The molecule has 0 N–H and O–H groups in total. The minimum absolute atomic E-state index is 0.0483. The Hall–Kier alpha value is -4.84. The highest BCUT2D eigenvalue weighted by molar-refractivity contribution is 6.10. The number of amides is 1. The van der Waals surface area contributed by atoms with Gasteiger partial charge in [-0.05, 0) is 47.5 Å². The highest BCUT2D eigenvalue weighted by atomic mass is 16.5. The molecule has 4 aromatic carbocycles. The van der Waals surface area contributed by atoms with E-state index in [1.165, 1.54) is 0 Å². The summed E-state index contributed by atoms with van der Waals surface area (Å²) in [4.78, 5) is 29.1.